The van der Waals surface area contributed by atoms with Crippen LogP contribution in [0, 0.1) is 0 Å². The minimum Gasteiger partial charge on any atom is -0.314 e. The van der Waals surface area contributed by atoms with Crippen LogP contribution in [0.2, 0.25) is 0 Å². The van der Waals surface area contributed by atoms with Gasteiger partial charge in [0, 0.05) is 18.2 Å². The van der Waals surface area contributed by atoms with Crippen molar-refractivity contribution in [3.05, 3.63) is 11.8 Å². The standard InChI is InChI=1S/C10H17NO/c1-4-8(2)11-9(3)6-5-7-10(11)12/h4,9H,5-7H2,1-3H3/b8-4-. The van der Waals surface area contributed by atoms with Crippen molar-refractivity contribution in [2.45, 2.75) is 46.1 Å². The highest BCUT2D eigenvalue weighted by Crippen LogP contribution is 2.21. The van der Waals surface area contributed by atoms with Crippen molar-refractivity contribution in [1.29, 1.82) is 0 Å². The Hall–Kier alpha value is -0.790. The molecule has 0 spiro atoms. The lowest BCUT2D eigenvalue weighted by Gasteiger charge is -2.33. The number of nitrogens with zero attached hydrogens (tertiary/aromatic N) is 1. The van der Waals surface area contributed by atoms with Crippen LogP contribution in [0.1, 0.15) is 40.0 Å². The molecular weight excluding hydrogens is 150 g/mol. The van der Waals surface area contributed by atoms with Gasteiger partial charge in [-0.1, -0.05) is 6.08 Å². The summed E-state index contributed by atoms with van der Waals surface area (Å²) < 4.78 is 0. The predicted octanol–water partition coefficient (Wildman–Crippen LogP) is 2.31. The highest BCUT2D eigenvalue weighted by Gasteiger charge is 2.24. The summed E-state index contributed by atoms with van der Waals surface area (Å²) in [5.41, 5.74) is 1.09. The van der Waals surface area contributed by atoms with Crippen molar-refractivity contribution in [2.75, 3.05) is 0 Å². The lowest BCUT2D eigenvalue weighted by molar-refractivity contribution is -0.133. The van der Waals surface area contributed by atoms with E-state index in [0.29, 0.717) is 6.04 Å². The molecule has 1 heterocycles. The first kappa shape index (κ1) is 9.30. The van der Waals surface area contributed by atoms with E-state index in [-0.39, 0.29) is 5.91 Å². The third kappa shape index (κ3) is 1.68. The van der Waals surface area contributed by atoms with Gasteiger partial charge < -0.3 is 4.90 Å². The molecule has 0 aliphatic carbocycles. The quantitative estimate of drug-likeness (QED) is 0.587. The fourth-order valence-electron chi connectivity index (χ4n) is 1.73. The summed E-state index contributed by atoms with van der Waals surface area (Å²) in [6.07, 6.45) is 4.90. The van der Waals surface area contributed by atoms with Crippen LogP contribution in [0.5, 0.6) is 0 Å². The molecule has 0 bridgehead atoms. The molecule has 1 fully saturated rings. The van der Waals surface area contributed by atoms with Gasteiger partial charge in [-0.15, -0.1) is 0 Å². The van der Waals surface area contributed by atoms with Gasteiger partial charge in [0.25, 0.3) is 0 Å². The average molecular weight is 167 g/mol. The van der Waals surface area contributed by atoms with Crippen LogP contribution in [0.25, 0.3) is 0 Å². The smallest absolute Gasteiger partial charge is 0.226 e. The molecule has 0 radical (unpaired) electrons. The van der Waals surface area contributed by atoms with Gasteiger partial charge >= 0.3 is 0 Å². The molecule has 1 amide bonds. The molecule has 68 valence electrons. The number of hydrogen-bond acceptors (Lipinski definition) is 1. The lowest BCUT2D eigenvalue weighted by Crippen LogP contribution is -2.40. The fourth-order valence-corrected chi connectivity index (χ4v) is 1.73. The van der Waals surface area contributed by atoms with Crippen molar-refractivity contribution in [2.24, 2.45) is 0 Å². The van der Waals surface area contributed by atoms with Crippen molar-refractivity contribution >= 4 is 5.91 Å². The van der Waals surface area contributed by atoms with E-state index >= 15 is 0 Å². The Morgan fingerprint density at radius 3 is 2.83 bits per heavy atom. The number of carbonyl (C=O) groups excluding carboxylic acids is 1. The summed E-state index contributed by atoms with van der Waals surface area (Å²) in [4.78, 5) is 13.4. The van der Waals surface area contributed by atoms with Crippen LogP contribution in [-0.2, 0) is 4.79 Å². The number of likely N-dealkylation sites (tertiary alicyclic amines) is 1. The molecule has 1 saturated heterocycles. The maximum atomic E-state index is 11.5. The van der Waals surface area contributed by atoms with Gasteiger partial charge in [0.1, 0.15) is 0 Å². The Morgan fingerprint density at radius 2 is 2.33 bits per heavy atom. The Kier molecular flexibility index (Phi) is 2.90. The number of piperidine rings is 1. The zero-order chi connectivity index (χ0) is 9.14. The van der Waals surface area contributed by atoms with E-state index in [1.54, 1.807) is 0 Å². The zero-order valence-electron chi connectivity index (χ0n) is 8.13. The van der Waals surface area contributed by atoms with Gasteiger partial charge in [0.15, 0.2) is 0 Å². The maximum absolute atomic E-state index is 11.5. The molecular formula is C10H17NO. The highest BCUT2D eigenvalue weighted by molar-refractivity contribution is 5.79. The zero-order valence-corrected chi connectivity index (χ0v) is 8.13. The summed E-state index contributed by atoms with van der Waals surface area (Å²) in [7, 11) is 0. The Balaban J connectivity index is 2.76. The summed E-state index contributed by atoms with van der Waals surface area (Å²) >= 11 is 0. The monoisotopic (exact) mass is 167 g/mol. The summed E-state index contributed by atoms with van der Waals surface area (Å²) in [6, 6.07) is 0.391. The third-order valence-corrected chi connectivity index (χ3v) is 2.52. The van der Waals surface area contributed by atoms with E-state index in [1.807, 2.05) is 24.8 Å². The fraction of sp³-hybridized carbons (Fsp3) is 0.700. The molecule has 2 nitrogen and oxygen atoms in total. The molecule has 0 N–H and O–H groups in total. The first-order valence-electron chi connectivity index (χ1n) is 4.61. The van der Waals surface area contributed by atoms with E-state index < -0.39 is 0 Å². The number of carbonyl (C=O) groups is 1. The minimum atomic E-state index is 0.282. The van der Waals surface area contributed by atoms with Gasteiger partial charge in [-0.05, 0) is 33.6 Å². The number of amides is 1. The SMILES string of the molecule is C/C=C(/C)N1C(=O)CCCC1C. The Labute approximate surface area is 74.2 Å². The summed E-state index contributed by atoms with van der Waals surface area (Å²) in [5.74, 6) is 0.282. The van der Waals surface area contributed by atoms with E-state index in [9.17, 15) is 4.79 Å². The largest absolute Gasteiger partial charge is 0.314 e. The van der Waals surface area contributed by atoms with E-state index in [0.717, 1.165) is 25.0 Å². The molecule has 1 aliphatic heterocycles. The maximum Gasteiger partial charge on any atom is 0.226 e. The predicted molar refractivity (Wildman–Crippen MR) is 49.6 cm³/mol. The van der Waals surface area contributed by atoms with Crippen molar-refractivity contribution in [1.82, 2.24) is 4.90 Å². The van der Waals surface area contributed by atoms with Gasteiger partial charge in [0.2, 0.25) is 5.91 Å². The normalized spacial score (nSPS) is 26.2. The van der Waals surface area contributed by atoms with Crippen LogP contribution in [-0.4, -0.2) is 16.8 Å². The molecule has 1 unspecified atom stereocenters. The highest BCUT2D eigenvalue weighted by atomic mass is 16.2. The third-order valence-electron chi connectivity index (χ3n) is 2.52. The lowest BCUT2D eigenvalue weighted by atomic mass is 10.0. The Morgan fingerprint density at radius 1 is 1.67 bits per heavy atom. The molecule has 0 aromatic carbocycles. The van der Waals surface area contributed by atoms with E-state index in [1.165, 1.54) is 0 Å². The summed E-state index contributed by atoms with van der Waals surface area (Å²) in [6.45, 7) is 6.09. The van der Waals surface area contributed by atoms with E-state index in [2.05, 4.69) is 6.92 Å². The van der Waals surface area contributed by atoms with E-state index in [4.69, 9.17) is 0 Å². The van der Waals surface area contributed by atoms with Crippen LogP contribution >= 0.6 is 0 Å². The molecule has 0 aromatic heterocycles. The molecule has 2 heteroatoms. The second-order valence-electron chi connectivity index (χ2n) is 3.44. The van der Waals surface area contributed by atoms with Crippen LogP contribution in [0.15, 0.2) is 11.8 Å². The van der Waals surface area contributed by atoms with Crippen molar-refractivity contribution in [3.8, 4) is 0 Å². The van der Waals surface area contributed by atoms with Crippen LogP contribution in [0.3, 0.4) is 0 Å². The van der Waals surface area contributed by atoms with Crippen LogP contribution < -0.4 is 0 Å². The molecule has 1 aliphatic rings. The molecule has 12 heavy (non-hydrogen) atoms. The van der Waals surface area contributed by atoms with Crippen molar-refractivity contribution < 1.29 is 4.79 Å². The molecule has 0 aromatic rings. The second kappa shape index (κ2) is 3.74. The van der Waals surface area contributed by atoms with Gasteiger partial charge in [-0.25, -0.2) is 0 Å². The van der Waals surface area contributed by atoms with Gasteiger partial charge in [0.05, 0.1) is 0 Å². The van der Waals surface area contributed by atoms with Gasteiger partial charge in [-0.2, -0.15) is 0 Å². The molecule has 1 rings (SSSR count). The molecule has 0 saturated carbocycles. The number of hydrogen-bond donors (Lipinski definition) is 0. The first-order chi connectivity index (χ1) is 5.66. The Bertz CT molecular complexity index is 208. The molecule has 1 atom stereocenters. The average Bonchev–Trinajstić information content (AvgIpc) is 2.03. The summed E-state index contributed by atoms with van der Waals surface area (Å²) in [5, 5.41) is 0. The van der Waals surface area contributed by atoms with Gasteiger partial charge in [-0.3, -0.25) is 4.79 Å². The minimum absolute atomic E-state index is 0.282. The van der Waals surface area contributed by atoms with Crippen molar-refractivity contribution in [3.63, 3.8) is 0 Å². The van der Waals surface area contributed by atoms with Crippen LogP contribution in [0.4, 0.5) is 0 Å². The topological polar surface area (TPSA) is 20.3 Å². The number of rotatable bonds is 1. The second-order valence-corrected chi connectivity index (χ2v) is 3.44. The first-order valence-corrected chi connectivity index (χ1v) is 4.61. The number of allylic oxidation sites excluding steroid dienone is 2.